The van der Waals surface area contributed by atoms with E-state index in [0.29, 0.717) is 5.69 Å². The van der Waals surface area contributed by atoms with Crippen LogP contribution in [-0.4, -0.2) is 44.3 Å². The Bertz CT molecular complexity index is 523. The molecule has 0 aliphatic carbocycles. The molecule has 1 aromatic carbocycles. The summed E-state index contributed by atoms with van der Waals surface area (Å²) >= 11 is 0. The highest BCUT2D eigenvalue weighted by atomic mass is 35.5. The van der Waals surface area contributed by atoms with Gasteiger partial charge < -0.3 is 21.1 Å². The molecule has 0 aliphatic heterocycles. The minimum absolute atomic E-state index is 0. The van der Waals surface area contributed by atoms with Crippen molar-refractivity contribution in [2.24, 2.45) is 5.73 Å². The predicted octanol–water partition coefficient (Wildman–Crippen LogP) is 1.31. The quantitative estimate of drug-likeness (QED) is 0.717. The van der Waals surface area contributed by atoms with E-state index in [1.54, 1.807) is 5.32 Å². The zero-order valence-corrected chi connectivity index (χ0v) is 13.0. The van der Waals surface area contributed by atoms with Crippen LogP contribution in [0.1, 0.15) is 10.4 Å². The van der Waals surface area contributed by atoms with Crippen molar-refractivity contribution in [1.82, 2.24) is 5.32 Å². The van der Waals surface area contributed by atoms with Gasteiger partial charge in [-0.25, -0.2) is 0 Å². The van der Waals surface area contributed by atoms with Crippen molar-refractivity contribution in [3.8, 4) is 0 Å². The number of halogens is 4. The molecular formula is C13H17ClF3N3O3. The first-order chi connectivity index (χ1) is 10.2. The van der Waals surface area contributed by atoms with Gasteiger partial charge in [0.1, 0.15) is 12.6 Å². The van der Waals surface area contributed by atoms with Gasteiger partial charge in [-0.05, 0) is 24.3 Å². The van der Waals surface area contributed by atoms with Gasteiger partial charge in [-0.3, -0.25) is 9.59 Å². The molecule has 0 spiro atoms. The highest BCUT2D eigenvalue weighted by Gasteiger charge is 2.27. The standard InChI is InChI=1S/C13H16F3N3O3.ClH/c1-22-6-10(17)12(21)19-9-4-2-8(3-5-9)11(20)18-7-13(14,15)16;/h2-5,10H,6-7,17H2,1H3,(H,18,20)(H,19,21);1H. The van der Waals surface area contributed by atoms with Gasteiger partial charge in [0.25, 0.3) is 5.91 Å². The molecule has 6 nitrogen and oxygen atoms in total. The number of nitrogens with one attached hydrogen (secondary N) is 2. The Labute approximate surface area is 137 Å². The van der Waals surface area contributed by atoms with E-state index < -0.39 is 30.6 Å². The molecule has 0 fully saturated rings. The third kappa shape index (κ3) is 7.82. The van der Waals surface area contributed by atoms with E-state index in [9.17, 15) is 22.8 Å². The number of ether oxygens (including phenoxy) is 1. The number of rotatable bonds is 6. The van der Waals surface area contributed by atoms with Crippen LogP contribution in [0.15, 0.2) is 24.3 Å². The lowest BCUT2D eigenvalue weighted by atomic mass is 10.2. The Morgan fingerprint density at radius 2 is 1.83 bits per heavy atom. The molecule has 130 valence electrons. The SMILES string of the molecule is COCC(N)C(=O)Nc1ccc(C(=O)NCC(F)(F)F)cc1.Cl. The molecule has 0 saturated heterocycles. The van der Waals surface area contributed by atoms with Gasteiger partial charge in [-0.2, -0.15) is 13.2 Å². The van der Waals surface area contributed by atoms with Crippen molar-refractivity contribution in [2.75, 3.05) is 25.6 Å². The lowest BCUT2D eigenvalue weighted by molar-refractivity contribution is -0.123. The third-order valence-corrected chi connectivity index (χ3v) is 2.55. The van der Waals surface area contributed by atoms with Gasteiger partial charge in [-0.15, -0.1) is 12.4 Å². The molecule has 0 aliphatic rings. The highest BCUT2D eigenvalue weighted by molar-refractivity contribution is 5.97. The van der Waals surface area contributed by atoms with E-state index in [1.807, 2.05) is 0 Å². The van der Waals surface area contributed by atoms with Gasteiger partial charge >= 0.3 is 6.18 Å². The number of methoxy groups -OCH3 is 1. The summed E-state index contributed by atoms with van der Waals surface area (Å²) in [6, 6.07) is 4.52. The summed E-state index contributed by atoms with van der Waals surface area (Å²) in [6.07, 6.45) is -4.47. The average Bonchev–Trinajstić information content (AvgIpc) is 2.45. The molecule has 1 atom stereocenters. The van der Waals surface area contributed by atoms with E-state index in [0.717, 1.165) is 0 Å². The average molecular weight is 356 g/mol. The predicted molar refractivity (Wildman–Crippen MR) is 80.6 cm³/mol. The van der Waals surface area contributed by atoms with E-state index >= 15 is 0 Å². The third-order valence-electron chi connectivity index (χ3n) is 2.55. The van der Waals surface area contributed by atoms with Crippen molar-refractivity contribution >= 4 is 29.9 Å². The number of hydrogen-bond donors (Lipinski definition) is 3. The Balaban J connectivity index is 0.00000484. The van der Waals surface area contributed by atoms with Crippen molar-refractivity contribution in [1.29, 1.82) is 0 Å². The zero-order chi connectivity index (χ0) is 16.8. The molecule has 0 aromatic heterocycles. The van der Waals surface area contributed by atoms with Crippen LogP contribution in [-0.2, 0) is 9.53 Å². The number of carbonyl (C=O) groups excluding carboxylic acids is 2. The second-order valence-corrected chi connectivity index (χ2v) is 4.43. The number of carbonyl (C=O) groups is 2. The maximum atomic E-state index is 12.0. The van der Waals surface area contributed by atoms with Crippen molar-refractivity contribution in [3.05, 3.63) is 29.8 Å². The fraction of sp³-hybridized carbons (Fsp3) is 0.385. The van der Waals surface area contributed by atoms with Crippen LogP contribution < -0.4 is 16.4 Å². The number of hydrogen-bond acceptors (Lipinski definition) is 4. The molecule has 23 heavy (non-hydrogen) atoms. The maximum Gasteiger partial charge on any atom is 0.405 e. The van der Waals surface area contributed by atoms with Crippen LogP contribution in [0.4, 0.5) is 18.9 Å². The molecule has 10 heteroatoms. The monoisotopic (exact) mass is 355 g/mol. The summed E-state index contributed by atoms with van der Waals surface area (Å²) in [6.45, 7) is -1.36. The number of amides is 2. The maximum absolute atomic E-state index is 12.0. The molecule has 0 radical (unpaired) electrons. The Kier molecular flexibility index (Phi) is 8.59. The number of benzene rings is 1. The fourth-order valence-corrected chi connectivity index (χ4v) is 1.48. The van der Waals surface area contributed by atoms with Crippen LogP contribution in [0, 0.1) is 0 Å². The van der Waals surface area contributed by atoms with E-state index in [-0.39, 0.29) is 24.6 Å². The van der Waals surface area contributed by atoms with Gasteiger partial charge in [0.05, 0.1) is 6.61 Å². The van der Waals surface area contributed by atoms with E-state index in [2.05, 4.69) is 5.32 Å². The van der Waals surface area contributed by atoms with Crippen molar-refractivity contribution in [3.63, 3.8) is 0 Å². The molecule has 2 amide bonds. The first-order valence-electron chi connectivity index (χ1n) is 6.23. The normalized spacial score (nSPS) is 12.0. The molecule has 0 saturated carbocycles. The Hall–Kier alpha value is -1.84. The Morgan fingerprint density at radius 1 is 1.26 bits per heavy atom. The molecule has 1 unspecified atom stereocenters. The van der Waals surface area contributed by atoms with Gasteiger partial charge in [0.15, 0.2) is 0 Å². The van der Waals surface area contributed by atoms with Crippen LogP contribution in [0.5, 0.6) is 0 Å². The summed E-state index contributed by atoms with van der Waals surface area (Å²) in [5.74, 6) is -1.33. The highest BCUT2D eigenvalue weighted by Crippen LogP contribution is 2.13. The summed E-state index contributed by atoms with van der Waals surface area (Å²) in [7, 11) is 1.40. The van der Waals surface area contributed by atoms with Crippen molar-refractivity contribution in [2.45, 2.75) is 12.2 Å². The first kappa shape index (κ1) is 21.2. The van der Waals surface area contributed by atoms with Crippen LogP contribution in [0.25, 0.3) is 0 Å². The van der Waals surface area contributed by atoms with Crippen LogP contribution >= 0.6 is 12.4 Å². The molecule has 0 heterocycles. The summed E-state index contributed by atoms with van der Waals surface area (Å²) in [4.78, 5) is 23.1. The summed E-state index contributed by atoms with van der Waals surface area (Å²) in [5, 5.41) is 4.24. The summed E-state index contributed by atoms with van der Waals surface area (Å²) in [5.41, 5.74) is 5.94. The van der Waals surface area contributed by atoms with Crippen LogP contribution in [0.2, 0.25) is 0 Å². The molecular weight excluding hydrogens is 339 g/mol. The smallest absolute Gasteiger partial charge is 0.383 e. The number of alkyl halides is 3. The minimum Gasteiger partial charge on any atom is -0.383 e. The van der Waals surface area contributed by atoms with Crippen molar-refractivity contribution < 1.29 is 27.5 Å². The molecule has 1 aromatic rings. The number of nitrogens with two attached hydrogens (primary N) is 1. The van der Waals surface area contributed by atoms with E-state index in [4.69, 9.17) is 10.5 Å². The first-order valence-corrected chi connectivity index (χ1v) is 6.23. The molecule has 0 bridgehead atoms. The second kappa shape index (κ2) is 9.33. The van der Waals surface area contributed by atoms with Crippen LogP contribution in [0.3, 0.4) is 0 Å². The minimum atomic E-state index is -4.47. The van der Waals surface area contributed by atoms with Gasteiger partial charge in [0.2, 0.25) is 5.91 Å². The fourth-order valence-electron chi connectivity index (χ4n) is 1.48. The zero-order valence-electron chi connectivity index (χ0n) is 12.1. The lowest BCUT2D eigenvalue weighted by Crippen LogP contribution is -2.39. The van der Waals surface area contributed by atoms with Gasteiger partial charge in [0, 0.05) is 18.4 Å². The second-order valence-electron chi connectivity index (χ2n) is 4.43. The van der Waals surface area contributed by atoms with Gasteiger partial charge in [-0.1, -0.05) is 0 Å². The Morgan fingerprint density at radius 3 is 2.30 bits per heavy atom. The molecule has 1 rings (SSSR count). The van der Waals surface area contributed by atoms with E-state index in [1.165, 1.54) is 31.4 Å². The summed E-state index contributed by atoms with van der Waals surface area (Å²) < 4.78 is 40.7. The molecule has 4 N–H and O–H groups in total. The topological polar surface area (TPSA) is 93.4 Å². The number of anilines is 1. The largest absolute Gasteiger partial charge is 0.405 e. The lowest BCUT2D eigenvalue weighted by Gasteiger charge is -2.12.